The van der Waals surface area contributed by atoms with Gasteiger partial charge >= 0.3 is 0 Å². The fraction of sp³-hybridized carbons (Fsp3) is 0.200. The topological polar surface area (TPSA) is 99.8 Å². The minimum absolute atomic E-state index is 0.173. The number of hydrogen-bond donors (Lipinski definition) is 3. The number of fused-ring (bicyclic) bond motifs is 1. The van der Waals surface area contributed by atoms with Crippen LogP contribution in [0.15, 0.2) is 59.8 Å². The van der Waals surface area contributed by atoms with Gasteiger partial charge in [-0.2, -0.15) is 0 Å². The maximum Gasteiger partial charge on any atom is 0.269 e. The molecule has 0 aliphatic rings. The molecule has 4 aromatic rings. The minimum atomic E-state index is -0.365. The standard InChI is InChI=1S/C25H25N5O2S/c1-15-12-16(2)27-25(26-15)33-14-18-8-10-19(11-9-18)24(32)30-29-23(31)13-21-17(3)28-22-7-5-4-6-20(21)22/h4-12,28H,13-14H2,1-3H3,(H,29,31)(H,30,32). The van der Waals surface area contributed by atoms with E-state index in [1.54, 1.807) is 23.9 Å². The molecule has 8 heteroatoms. The predicted molar refractivity (Wildman–Crippen MR) is 130 cm³/mol. The number of para-hydroxylation sites is 1. The number of hydrogen-bond acceptors (Lipinski definition) is 5. The van der Waals surface area contributed by atoms with Crippen LogP contribution in [-0.4, -0.2) is 26.8 Å². The summed E-state index contributed by atoms with van der Waals surface area (Å²) in [6, 6.07) is 17.0. The van der Waals surface area contributed by atoms with E-state index in [9.17, 15) is 9.59 Å². The molecule has 2 aromatic carbocycles. The Morgan fingerprint density at radius 2 is 1.64 bits per heavy atom. The summed E-state index contributed by atoms with van der Waals surface area (Å²) in [7, 11) is 0. The van der Waals surface area contributed by atoms with E-state index in [0.29, 0.717) is 11.3 Å². The van der Waals surface area contributed by atoms with E-state index >= 15 is 0 Å². The Bertz CT molecular complexity index is 1290. The molecule has 0 unspecified atom stereocenters. The molecule has 7 nitrogen and oxygen atoms in total. The van der Waals surface area contributed by atoms with E-state index in [1.807, 2.05) is 63.2 Å². The van der Waals surface area contributed by atoms with Crippen molar-refractivity contribution in [2.24, 2.45) is 0 Å². The summed E-state index contributed by atoms with van der Waals surface area (Å²) in [5, 5.41) is 1.75. The highest BCUT2D eigenvalue weighted by Gasteiger charge is 2.13. The van der Waals surface area contributed by atoms with E-state index < -0.39 is 0 Å². The highest BCUT2D eigenvalue weighted by Crippen LogP contribution is 2.22. The number of H-pyrrole nitrogens is 1. The summed E-state index contributed by atoms with van der Waals surface area (Å²) in [5.41, 5.74) is 11.3. The molecule has 0 saturated heterocycles. The molecule has 3 N–H and O–H groups in total. The Morgan fingerprint density at radius 1 is 0.939 bits per heavy atom. The summed E-state index contributed by atoms with van der Waals surface area (Å²) in [5.74, 6) is 0.0550. The van der Waals surface area contributed by atoms with E-state index in [2.05, 4.69) is 25.8 Å². The van der Waals surface area contributed by atoms with Crippen molar-refractivity contribution in [3.8, 4) is 0 Å². The number of carbonyl (C=O) groups is 2. The Morgan fingerprint density at radius 3 is 2.36 bits per heavy atom. The van der Waals surface area contributed by atoms with Crippen LogP contribution in [0.2, 0.25) is 0 Å². The maximum absolute atomic E-state index is 12.4. The number of aromatic amines is 1. The van der Waals surface area contributed by atoms with Crippen LogP contribution >= 0.6 is 11.8 Å². The van der Waals surface area contributed by atoms with E-state index in [1.165, 1.54) is 0 Å². The second-order valence-corrected chi connectivity index (χ2v) is 8.81. The second kappa shape index (κ2) is 9.87. The van der Waals surface area contributed by atoms with E-state index in [4.69, 9.17) is 0 Å². The molecule has 2 heterocycles. The van der Waals surface area contributed by atoms with Crippen LogP contribution in [0.25, 0.3) is 10.9 Å². The average molecular weight is 460 g/mol. The van der Waals surface area contributed by atoms with Crippen molar-refractivity contribution >= 4 is 34.5 Å². The first-order valence-corrected chi connectivity index (χ1v) is 11.6. The van der Waals surface area contributed by atoms with Crippen LogP contribution in [0.5, 0.6) is 0 Å². The molecule has 33 heavy (non-hydrogen) atoms. The monoisotopic (exact) mass is 459 g/mol. The van der Waals surface area contributed by atoms with Crippen LogP contribution in [-0.2, 0) is 17.0 Å². The zero-order valence-corrected chi connectivity index (χ0v) is 19.5. The quantitative estimate of drug-likeness (QED) is 0.228. The molecule has 0 aliphatic carbocycles. The molecule has 4 rings (SSSR count). The average Bonchev–Trinajstić information content (AvgIpc) is 3.11. The normalized spacial score (nSPS) is 10.9. The van der Waals surface area contributed by atoms with Crippen LogP contribution in [0.4, 0.5) is 0 Å². The van der Waals surface area contributed by atoms with Gasteiger partial charge in [-0.05, 0) is 56.2 Å². The van der Waals surface area contributed by atoms with Crippen molar-refractivity contribution in [2.45, 2.75) is 38.1 Å². The van der Waals surface area contributed by atoms with Gasteiger partial charge in [-0.3, -0.25) is 20.4 Å². The van der Waals surface area contributed by atoms with Crippen molar-refractivity contribution in [1.29, 1.82) is 0 Å². The highest BCUT2D eigenvalue weighted by molar-refractivity contribution is 7.98. The van der Waals surface area contributed by atoms with Gasteiger partial charge < -0.3 is 4.98 Å². The summed E-state index contributed by atoms with van der Waals surface area (Å²) in [6.45, 7) is 5.84. The van der Waals surface area contributed by atoms with Crippen molar-refractivity contribution in [3.63, 3.8) is 0 Å². The Hall–Kier alpha value is -3.65. The number of carbonyl (C=O) groups excluding carboxylic acids is 2. The van der Waals surface area contributed by atoms with Crippen molar-refractivity contribution < 1.29 is 9.59 Å². The third-order valence-electron chi connectivity index (χ3n) is 5.23. The van der Waals surface area contributed by atoms with Gasteiger partial charge in [-0.25, -0.2) is 9.97 Å². The van der Waals surface area contributed by atoms with Gasteiger partial charge in [0.15, 0.2) is 5.16 Å². The lowest BCUT2D eigenvalue weighted by atomic mass is 10.1. The molecule has 0 aliphatic heterocycles. The number of thioether (sulfide) groups is 1. The molecule has 168 valence electrons. The van der Waals surface area contributed by atoms with Gasteiger partial charge in [0.1, 0.15) is 0 Å². The van der Waals surface area contributed by atoms with Crippen LogP contribution < -0.4 is 10.9 Å². The van der Waals surface area contributed by atoms with Gasteiger partial charge in [0.25, 0.3) is 5.91 Å². The molecule has 0 spiro atoms. The smallest absolute Gasteiger partial charge is 0.269 e. The molecule has 0 saturated carbocycles. The SMILES string of the molecule is Cc1cc(C)nc(SCc2ccc(C(=O)NNC(=O)Cc3c(C)[nH]c4ccccc34)cc2)n1. The second-order valence-electron chi connectivity index (χ2n) is 7.87. The third-order valence-corrected chi connectivity index (χ3v) is 6.14. The maximum atomic E-state index is 12.4. The first kappa shape index (κ1) is 22.5. The first-order chi connectivity index (χ1) is 15.9. The van der Waals surface area contributed by atoms with Gasteiger partial charge in [-0.15, -0.1) is 0 Å². The largest absolute Gasteiger partial charge is 0.358 e. The van der Waals surface area contributed by atoms with Gasteiger partial charge in [0.05, 0.1) is 6.42 Å². The van der Waals surface area contributed by atoms with E-state index in [-0.39, 0.29) is 18.2 Å². The number of nitrogens with one attached hydrogen (secondary N) is 3. The first-order valence-electron chi connectivity index (χ1n) is 10.6. The lowest BCUT2D eigenvalue weighted by molar-refractivity contribution is -0.121. The minimum Gasteiger partial charge on any atom is -0.358 e. The summed E-state index contributed by atoms with van der Waals surface area (Å²) in [6.07, 6.45) is 0.173. The number of aromatic nitrogens is 3. The number of benzene rings is 2. The Kier molecular flexibility index (Phi) is 6.74. The molecule has 0 fully saturated rings. The molecule has 0 bridgehead atoms. The van der Waals surface area contributed by atoms with Gasteiger partial charge in [-0.1, -0.05) is 42.1 Å². The zero-order chi connectivity index (χ0) is 23.4. The Balaban J connectivity index is 1.30. The van der Waals surface area contributed by atoms with Crippen molar-refractivity contribution in [1.82, 2.24) is 25.8 Å². The van der Waals surface area contributed by atoms with Crippen LogP contribution in [0.1, 0.15) is 38.6 Å². The molecule has 2 amide bonds. The lowest BCUT2D eigenvalue weighted by Gasteiger charge is -2.08. The number of aryl methyl sites for hydroxylation is 3. The lowest BCUT2D eigenvalue weighted by Crippen LogP contribution is -2.42. The molecule has 0 atom stereocenters. The zero-order valence-electron chi connectivity index (χ0n) is 18.7. The van der Waals surface area contributed by atoms with Crippen LogP contribution in [0.3, 0.4) is 0 Å². The number of nitrogens with zero attached hydrogens (tertiary/aromatic N) is 2. The number of rotatable bonds is 6. The van der Waals surface area contributed by atoms with E-state index in [0.717, 1.165) is 44.3 Å². The van der Waals surface area contributed by atoms with Crippen molar-refractivity contribution in [3.05, 3.63) is 88.4 Å². The highest BCUT2D eigenvalue weighted by atomic mass is 32.2. The summed E-state index contributed by atoms with van der Waals surface area (Å²) >= 11 is 1.55. The Labute approximate surface area is 196 Å². The molecular weight excluding hydrogens is 434 g/mol. The van der Waals surface area contributed by atoms with Gasteiger partial charge in [0.2, 0.25) is 5.91 Å². The van der Waals surface area contributed by atoms with Crippen LogP contribution in [0, 0.1) is 20.8 Å². The molecular formula is C25H25N5O2S. The predicted octanol–water partition coefficient (Wildman–Crippen LogP) is 4.18. The molecule has 0 radical (unpaired) electrons. The number of amides is 2. The van der Waals surface area contributed by atoms with Crippen molar-refractivity contribution in [2.75, 3.05) is 0 Å². The summed E-state index contributed by atoms with van der Waals surface area (Å²) in [4.78, 5) is 37.0. The third kappa shape index (κ3) is 5.59. The fourth-order valence-corrected chi connectivity index (χ4v) is 4.53. The van der Waals surface area contributed by atoms with Gasteiger partial charge in [0, 0.05) is 39.3 Å². The fourth-order valence-electron chi connectivity index (χ4n) is 3.62. The number of hydrazine groups is 1. The summed E-state index contributed by atoms with van der Waals surface area (Å²) < 4.78 is 0. The molecule has 2 aromatic heterocycles.